The number of pyridine rings is 1. The van der Waals surface area contributed by atoms with Gasteiger partial charge >= 0.3 is 11.8 Å². The summed E-state index contributed by atoms with van der Waals surface area (Å²) in [6.07, 6.45) is 4.46. The van der Waals surface area contributed by atoms with Gasteiger partial charge in [-0.1, -0.05) is 41.9 Å². The maximum Gasteiger partial charge on any atom is 0.313 e. The van der Waals surface area contributed by atoms with Crippen LogP contribution in [0.15, 0.2) is 67.0 Å². The predicted molar refractivity (Wildman–Crippen MR) is 122 cm³/mol. The van der Waals surface area contributed by atoms with Gasteiger partial charge in [-0.25, -0.2) is 0 Å². The van der Waals surface area contributed by atoms with E-state index in [1.165, 1.54) is 5.56 Å². The minimum atomic E-state index is -0.730. The third-order valence-corrected chi connectivity index (χ3v) is 5.87. The van der Waals surface area contributed by atoms with Crippen molar-refractivity contribution in [2.45, 2.75) is 19.4 Å². The van der Waals surface area contributed by atoms with Gasteiger partial charge in [0.05, 0.1) is 6.04 Å². The van der Waals surface area contributed by atoms with E-state index in [1.54, 1.807) is 30.6 Å². The molecule has 31 heavy (non-hydrogen) atoms. The predicted octanol–water partition coefficient (Wildman–Crippen LogP) is 3.90. The third-order valence-electron chi connectivity index (χ3n) is 5.46. The topological polar surface area (TPSA) is 74.3 Å². The van der Waals surface area contributed by atoms with E-state index >= 15 is 0 Å². The van der Waals surface area contributed by atoms with E-state index in [0.29, 0.717) is 10.7 Å². The fraction of sp³-hybridized carbons (Fsp3) is 0.208. The number of para-hydroxylation sites is 1. The lowest BCUT2D eigenvalue weighted by molar-refractivity contribution is -0.136. The molecule has 0 unspecified atom stereocenters. The van der Waals surface area contributed by atoms with E-state index in [0.717, 1.165) is 29.8 Å². The van der Waals surface area contributed by atoms with Crippen LogP contribution < -0.4 is 15.5 Å². The normalized spacial score (nSPS) is 13.4. The molecule has 6 nitrogen and oxygen atoms in total. The maximum absolute atomic E-state index is 12.5. The Hall–Kier alpha value is -3.38. The summed E-state index contributed by atoms with van der Waals surface area (Å²) in [4.78, 5) is 31.4. The number of hydrogen-bond acceptors (Lipinski definition) is 4. The zero-order chi connectivity index (χ0) is 21.8. The van der Waals surface area contributed by atoms with Crippen molar-refractivity contribution in [3.05, 3.63) is 88.7 Å². The molecule has 0 bridgehead atoms. The molecule has 1 aliphatic heterocycles. The summed E-state index contributed by atoms with van der Waals surface area (Å²) in [7, 11) is 0. The number of nitrogens with zero attached hydrogens (tertiary/aromatic N) is 2. The summed E-state index contributed by atoms with van der Waals surface area (Å²) in [6, 6.07) is 17.1. The molecule has 1 aromatic heterocycles. The lowest BCUT2D eigenvalue weighted by Crippen LogP contribution is -2.41. The Labute approximate surface area is 186 Å². The second-order valence-electron chi connectivity index (χ2n) is 7.50. The largest absolute Gasteiger partial charge is 0.362 e. The van der Waals surface area contributed by atoms with Crippen LogP contribution >= 0.6 is 11.6 Å². The molecule has 2 aromatic carbocycles. The molecule has 0 saturated carbocycles. The average Bonchev–Trinajstić information content (AvgIpc) is 3.21. The van der Waals surface area contributed by atoms with Gasteiger partial charge in [0, 0.05) is 41.9 Å². The smallest absolute Gasteiger partial charge is 0.313 e. The van der Waals surface area contributed by atoms with Crippen molar-refractivity contribution in [2.75, 3.05) is 23.3 Å². The molecule has 2 N–H and O–H groups in total. The number of carbonyl (C=O) groups excluding carboxylic acids is 2. The fourth-order valence-electron chi connectivity index (χ4n) is 3.80. The lowest BCUT2D eigenvalue weighted by atomic mass is 10.1. The molecule has 2 heterocycles. The van der Waals surface area contributed by atoms with Gasteiger partial charge in [0.1, 0.15) is 0 Å². The van der Waals surface area contributed by atoms with Crippen LogP contribution in [0.5, 0.6) is 0 Å². The van der Waals surface area contributed by atoms with Gasteiger partial charge in [0.2, 0.25) is 0 Å². The number of anilines is 2. The molecular formula is C24H23ClN4O2. The van der Waals surface area contributed by atoms with Crippen molar-refractivity contribution in [2.24, 2.45) is 0 Å². The standard InChI is InChI=1S/C24H23ClN4O2/c1-16-8-9-19(13-20(16)25)28-24(31)23(30)27-15-22(18-6-4-11-26-14-18)29-12-10-17-5-2-3-7-21(17)29/h2-9,11,13-14,22H,10,12,15H2,1H3,(H,27,30)(H,28,31)/t22-/m0/s1. The van der Waals surface area contributed by atoms with Crippen molar-refractivity contribution >= 4 is 34.8 Å². The first-order valence-electron chi connectivity index (χ1n) is 10.1. The number of nitrogens with one attached hydrogen (secondary N) is 2. The van der Waals surface area contributed by atoms with Crippen molar-refractivity contribution in [1.29, 1.82) is 0 Å². The zero-order valence-corrected chi connectivity index (χ0v) is 17.9. The van der Waals surface area contributed by atoms with E-state index in [9.17, 15) is 9.59 Å². The van der Waals surface area contributed by atoms with Crippen molar-refractivity contribution < 1.29 is 9.59 Å². The molecule has 0 spiro atoms. The van der Waals surface area contributed by atoms with E-state index in [2.05, 4.69) is 32.7 Å². The summed E-state index contributed by atoms with van der Waals surface area (Å²) < 4.78 is 0. The van der Waals surface area contributed by atoms with Gasteiger partial charge < -0.3 is 15.5 Å². The van der Waals surface area contributed by atoms with Crippen molar-refractivity contribution in [3.63, 3.8) is 0 Å². The monoisotopic (exact) mass is 434 g/mol. The molecule has 3 aromatic rings. The van der Waals surface area contributed by atoms with Crippen molar-refractivity contribution in [3.8, 4) is 0 Å². The number of amides is 2. The quantitative estimate of drug-likeness (QED) is 0.597. The SMILES string of the molecule is Cc1ccc(NC(=O)C(=O)NC[C@@H](c2cccnc2)N2CCc3ccccc32)cc1Cl. The molecule has 0 fully saturated rings. The summed E-state index contributed by atoms with van der Waals surface area (Å²) >= 11 is 6.10. The Morgan fingerprint density at radius 2 is 1.97 bits per heavy atom. The van der Waals surface area contributed by atoms with E-state index < -0.39 is 11.8 Å². The Bertz CT molecular complexity index is 1100. The molecule has 7 heteroatoms. The summed E-state index contributed by atoms with van der Waals surface area (Å²) in [5, 5.41) is 5.91. The maximum atomic E-state index is 12.5. The molecule has 4 rings (SSSR count). The molecule has 0 aliphatic carbocycles. The number of aryl methyl sites for hydroxylation is 1. The van der Waals surface area contributed by atoms with Crippen LogP contribution in [0.3, 0.4) is 0 Å². The van der Waals surface area contributed by atoms with Crippen LogP contribution in [-0.2, 0) is 16.0 Å². The van der Waals surface area contributed by atoms with Gasteiger partial charge in [0.25, 0.3) is 0 Å². The van der Waals surface area contributed by atoms with Crippen LogP contribution in [0.1, 0.15) is 22.7 Å². The van der Waals surface area contributed by atoms with Crippen LogP contribution in [0.4, 0.5) is 11.4 Å². The number of fused-ring (bicyclic) bond motifs is 1. The zero-order valence-electron chi connectivity index (χ0n) is 17.1. The van der Waals surface area contributed by atoms with Crippen LogP contribution in [0, 0.1) is 6.92 Å². The molecule has 0 radical (unpaired) electrons. The Morgan fingerprint density at radius 1 is 1.13 bits per heavy atom. The molecule has 1 atom stereocenters. The van der Waals surface area contributed by atoms with E-state index in [4.69, 9.17) is 11.6 Å². The van der Waals surface area contributed by atoms with Gasteiger partial charge in [-0.3, -0.25) is 14.6 Å². The lowest BCUT2D eigenvalue weighted by Gasteiger charge is -2.30. The minimum absolute atomic E-state index is 0.136. The van der Waals surface area contributed by atoms with Crippen LogP contribution in [0.25, 0.3) is 0 Å². The molecule has 158 valence electrons. The number of halogens is 1. The first-order chi connectivity index (χ1) is 15.0. The van der Waals surface area contributed by atoms with Gasteiger partial charge in [-0.2, -0.15) is 0 Å². The summed E-state index contributed by atoms with van der Waals surface area (Å²) in [6.45, 7) is 2.99. The highest BCUT2D eigenvalue weighted by Gasteiger charge is 2.28. The molecule has 1 aliphatic rings. The van der Waals surface area contributed by atoms with Gasteiger partial charge in [-0.15, -0.1) is 0 Å². The van der Waals surface area contributed by atoms with Gasteiger partial charge in [0.15, 0.2) is 0 Å². The third kappa shape index (κ3) is 4.70. The van der Waals surface area contributed by atoms with E-state index in [-0.39, 0.29) is 12.6 Å². The highest BCUT2D eigenvalue weighted by atomic mass is 35.5. The summed E-state index contributed by atoms with van der Waals surface area (Å²) in [5.41, 5.74) is 4.77. The fourth-order valence-corrected chi connectivity index (χ4v) is 3.98. The summed E-state index contributed by atoms with van der Waals surface area (Å²) in [5.74, 6) is -1.43. The van der Waals surface area contributed by atoms with E-state index in [1.807, 2.05) is 31.2 Å². The Kier molecular flexibility index (Phi) is 6.18. The number of hydrogen-bond donors (Lipinski definition) is 2. The highest BCUT2D eigenvalue weighted by Crippen LogP contribution is 2.34. The first kappa shape index (κ1) is 20.9. The second kappa shape index (κ2) is 9.18. The number of aromatic nitrogens is 1. The molecule has 2 amide bonds. The Balaban J connectivity index is 1.47. The Morgan fingerprint density at radius 3 is 2.74 bits per heavy atom. The molecular weight excluding hydrogens is 412 g/mol. The first-order valence-corrected chi connectivity index (χ1v) is 10.5. The van der Waals surface area contributed by atoms with Crippen molar-refractivity contribution in [1.82, 2.24) is 10.3 Å². The molecule has 0 saturated heterocycles. The van der Waals surface area contributed by atoms with Crippen LogP contribution in [-0.4, -0.2) is 29.9 Å². The highest BCUT2D eigenvalue weighted by molar-refractivity contribution is 6.40. The van der Waals surface area contributed by atoms with Gasteiger partial charge in [-0.05, 0) is 54.3 Å². The number of carbonyl (C=O) groups is 2. The second-order valence-corrected chi connectivity index (χ2v) is 7.91. The number of benzene rings is 2. The minimum Gasteiger partial charge on any atom is -0.362 e. The van der Waals surface area contributed by atoms with Crippen LogP contribution in [0.2, 0.25) is 5.02 Å². The number of rotatable bonds is 5. The average molecular weight is 435 g/mol.